The van der Waals surface area contributed by atoms with Gasteiger partial charge in [-0.1, -0.05) is 0 Å². The first-order chi connectivity index (χ1) is 5.75. The van der Waals surface area contributed by atoms with Crippen molar-refractivity contribution in [3.8, 4) is 0 Å². The third-order valence-electron chi connectivity index (χ3n) is 4.02. The first-order valence-electron chi connectivity index (χ1n) is 5.62. The Bertz CT molecular complexity index is 164. The van der Waals surface area contributed by atoms with Gasteiger partial charge in [-0.3, -0.25) is 0 Å². The molecule has 0 amide bonds. The molecular weight excluding hydrogens is 251 g/mol. The first kappa shape index (κ1) is 18.3. The Morgan fingerprint density at radius 3 is 0.667 bits per heavy atom. The van der Waals surface area contributed by atoms with Gasteiger partial charge in [0.15, 0.2) is 0 Å². The summed E-state index contributed by atoms with van der Waals surface area (Å²) in [5.74, 6) is 0. The van der Waals surface area contributed by atoms with E-state index in [2.05, 4.69) is 69.0 Å². The van der Waals surface area contributed by atoms with Crippen LogP contribution in [0.15, 0.2) is 0 Å². The maximum Gasteiger partial charge on any atom is 0.0723 e. The summed E-state index contributed by atoms with van der Waals surface area (Å²) in [5.41, 5.74) is 0. The van der Waals surface area contributed by atoms with Crippen LogP contribution in [0.25, 0.3) is 0 Å². The van der Waals surface area contributed by atoms with E-state index in [1.165, 1.54) is 0 Å². The molecule has 1 radical (unpaired) electrons. The molecule has 0 aromatic rings. The van der Waals surface area contributed by atoms with Gasteiger partial charge in [0.05, 0.1) is 22.1 Å². The van der Waals surface area contributed by atoms with Crippen LogP contribution >= 0.6 is 7.26 Å². The molecule has 0 aromatic carbocycles. The van der Waals surface area contributed by atoms with Crippen LogP contribution in [-0.2, 0) is 17.1 Å². The van der Waals surface area contributed by atoms with E-state index in [-0.39, 0.29) is 17.1 Å². The maximum absolute atomic E-state index is 2.55. The summed E-state index contributed by atoms with van der Waals surface area (Å²) in [4.78, 5) is 0. The van der Waals surface area contributed by atoms with Gasteiger partial charge < -0.3 is 0 Å². The van der Waals surface area contributed by atoms with Crippen molar-refractivity contribution in [1.29, 1.82) is 0 Å². The molecule has 0 unspecified atom stereocenters. The van der Waals surface area contributed by atoms with E-state index in [0.717, 1.165) is 0 Å². The monoisotopic (exact) mass is 280 g/mol. The predicted octanol–water partition coefficient (Wildman–Crippen LogP) is 5.03. The summed E-state index contributed by atoms with van der Waals surface area (Å²) >= 11 is 0. The van der Waals surface area contributed by atoms with E-state index in [0.29, 0.717) is 15.5 Å². The molecule has 0 rings (SSSR count). The average Bonchev–Trinajstić information content (AvgIpc) is 1.77. The Labute approximate surface area is 109 Å². The van der Waals surface area contributed by atoms with E-state index in [1.807, 2.05) is 0 Å². The van der Waals surface area contributed by atoms with Gasteiger partial charge in [0, 0.05) is 24.3 Å². The average molecular weight is 281 g/mol. The molecule has 0 saturated carbocycles. The van der Waals surface area contributed by atoms with Gasteiger partial charge in [-0.2, -0.15) is 0 Å². The largest absolute Gasteiger partial charge is 0.0723 e. The zero-order valence-corrected chi connectivity index (χ0v) is 14.1. The summed E-state index contributed by atoms with van der Waals surface area (Å²) in [6, 6.07) is 0. The SMILES string of the molecule is CC(C)(C)[P+](C)(C(C)(C)C)C(C)(C)C.[Cu]. The van der Waals surface area contributed by atoms with Crippen molar-refractivity contribution in [3.05, 3.63) is 0 Å². The van der Waals surface area contributed by atoms with Crippen LogP contribution in [-0.4, -0.2) is 22.1 Å². The molecule has 15 heavy (non-hydrogen) atoms. The Kier molecular flexibility index (Phi) is 5.71. The van der Waals surface area contributed by atoms with Crippen molar-refractivity contribution in [2.45, 2.75) is 77.8 Å². The maximum atomic E-state index is 2.55. The van der Waals surface area contributed by atoms with Gasteiger partial charge in [-0.25, -0.2) is 0 Å². The van der Waals surface area contributed by atoms with Crippen LogP contribution in [0.3, 0.4) is 0 Å². The van der Waals surface area contributed by atoms with E-state index in [9.17, 15) is 0 Å². The van der Waals surface area contributed by atoms with E-state index >= 15 is 0 Å². The molecule has 97 valence electrons. The van der Waals surface area contributed by atoms with Crippen molar-refractivity contribution in [1.82, 2.24) is 0 Å². The third kappa shape index (κ3) is 3.21. The normalized spacial score (nSPS) is 14.8. The van der Waals surface area contributed by atoms with Gasteiger partial charge in [0.2, 0.25) is 0 Å². The Morgan fingerprint density at radius 1 is 0.533 bits per heavy atom. The minimum Gasteiger partial charge on any atom is -0.0259 e. The fourth-order valence-electron chi connectivity index (χ4n) is 3.02. The van der Waals surface area contributed by atoms with Gasteiger partial charge in [-0.05, 0) is 62.3 Å². The van der Waals surface area contributed by atoms with Gasteiger partial charge in [-0.15, -0.1) is 0 Å². The summed E-state index contributed by atoms with van der Waals surface area (Å²) in [7, 11) is -1.02. The van der Waals surface area contributed by atoms with Gasteiger partial charge >= 0.3 is 0 Å². The molecule has 0 saturated heterocycles. The van der Waals surface area contributed by atoms with Crippen molar-refractivity contribution in [3.63, 3.8) is 0 Å². The van der Waals surface area contributed by atoms with Crippen LogP contribution in [0.5, 0.6) is 0 Å². The molecule has 0 heterocycles. The van der Waals surface area contributed by atoms with Gasteiger partial charge in [0.25, 0.3) is 0 Å². The molecule has 2 heteroatoms. The van der Waals surface area contributed by atoms with E-state index < -0.39 is 7.26 Å². The van der Waals surface area contributed by atoms with E-state index in [1.54, 1.807) is 0 Å². The molecule has 0 atom stereocenters. The molecule has 0 aliphatic rings. The minimum atomic E-state index is -1.02. The quantitative estimate of drug-likeness (QED) is 0.431. The molecule has 0 spiro atoms. The second kappa shape index (κ2) is 4.67. The molecule has 0 aromatic heterocycles. The molecule has 0 nitrogen and oxygen atoms in total. The second-order valence-electron chi connectivity index (χ2n) is 7.52. The minimum absolute atomic E-state index is 0. The zero-order valence-electron chi connectivity index (χ0n) is 12.2. The summed E-state index contributed by atoms with van der Waals surface area (Å²) in [6.07, 6.45) is 0. The number of rotatable bonds is 0. The van der Waals surface area contributed by atoms with E-state index in [4.69, 9.17) is 0 Å². The fourth-order valence-corrected chi connectivity index (χ4v) is 9.06. The fraction of sp³-hybridized carbons (Fsp3) is 1.00. The molecule has 0 aliphatic heterocycles. The van der Waals surface area contributed by atoms with Crippen LogP contribution in [0.4, 0.5) is 0 Å². The Morgan fingerprint density at radius 2 is 0.667 bits per heavy atom. The molecule has 0 fully saturated rings. The molecule has 0 bridgehead atoms. The van der Waals surface area contributed by atoms with Crippen molar-refractivity contribution in [2.24, 2.45) is 0 Å². The topological polar surface area (TPSA) is 0 Å². The van der Waals surface area contributed by atoms with Crippen molar-refractivity contribution in [2.75, 3.05) is 6.66 Å². The Balaban J connectivity index is 0. The smallest absolute Gasteiger partial charge is 0.0259 e. The van der Waals surface area contributed by atoms with Crippen LogP contribution < -0.4 is 0 Å². The van der Waals surface area contributed by atoms with Crippen molar-refractivity contribution < 1.29 is 17.1 Å². The van der Waals surface area contributed by atoms with Crippen LogP contribution in [0, 0.1) is 0 Å². The summed E-state index contributed by atoms with van der Waals surface area (Å²) < 4.78 is 0. The first-order valence-corrected chi connectivity index (χ1v) is 7.85. The summed E-state index contributed by atoms with van der Waals surface area (Å²) in [5, 5.41) is 1.30. The number of hydrogen-bond donors (Lipinski definition) is 0. The molecular formula is C13H30CuP+. The predicted molar refractivity (Wildman–Crippen MR) is 72.1 cm³/mol. The molecule has 0 aliphatic carbocycles. The van der Waals surface area contributed by atoms with Gasteiger partial charge in [0.1, 0.15) is 0 Å². The van der Waals surface area contributed by atoms with Crippen molar-refractivity contribution >= 4 is 7.26 Å². The van der Waals surface area contributed by atoms with Crippen LogP contribution in [0.2, 0.25) is 0 Å². The van der Waals surface area contributed by atoms with Crippen LogP contribution in [0.1, 0.15) is 62.3 Å². The third-order valence-corrected chi connectivity index (χ3v) is 12.1. The zero-order chi connectivity index (χ0) is 12.0. The Hall–Kier alpha value is 0.949. The number of hydrogen-bond acceptors (Lipinski definition) is 0. The second-order valence-corrected chi connectivity index (χ2v) is 13.6. The standard InChI is InChI=1S/C13H30P.Cu/c1-11(2,3)14(10,12(4,5)6)13(7,8)9;/h1-10H3;/q+1;. The molecule has 0 N–H and O–H groups in total. The summed E-state index contributed by atoms with van der Waals surface area (Å²) in [6.45, 7) is 24.3.